The Morgan fingerprint density at radius 3 is 2.74 bits per heavy atom. The number of non-ortho nitro benzene ring substituents is 1. The third-order valence-electron chi connectivity index (χ3n) is 4.20. The maximum Gasteiger partial charge on any atom is 0.269 e. The average Bonchev–Trinajstić information content (AvgIpc) is 2.45. The van der Waals surface area contributed by atoms with Gasteiger partial charge >= 0.3 is 0 Å². The molecular weight excluding hydrogens is 296 g/mol. The lowest BCUT2D eigenvalue weighted by atomic mass is 9.81. The molecule has 0 fully saturated rings. The Hall–Kier alpha value is -2.63. The third-order valence-corrected chi connectivity index (χ3v) is 4.20. The van der Waals surface area contributed by atoms with E-state index in [1.54, 1.807) is 12.1 Å². The average molecular weight is 314 g/mol. The lowest BCUT2D eigenvalue weighted by molar-refractivity contribution is -0.615. The topological polar surface area (TPSA) is 79.3 Å². The van der Waals surface area contributed by atoms with Crippen molar-refractivity contribution < 1.29 is 14.4 Å². The molecule has 0 amide bonds. The largest absolute Gasteiger partial charge is 0.618 e. The number of aryl methyl sites for hydroxylation is 1. The zero-order valence-electron chi connectivity index (χ0n) is 13.3. The zero-order chi connectivity index (χ0) is 16.8. The first-order valence-electron chi connectivity index (χ1n) is 7.44. The van der Waals surface area contributed by atoms with Crippen LogP contribution in [0, 0.1) is 22.2 Å². The molecule has 0 aliphatic carbocycles. The summed E-state index contributed by atoms with van der Waals surface area (Å²) in [6.07, 6.45) is 2.04. The van der Waals surface area contributed by atoms with Gasteiger partial charge in [-0.2, -0.15) is 4.73 Å². The molecule has 1 aromatic heterocycles. The number of benzene rings is 1. The van der Waals surface area contributed by atoms with E-state index in [0.29, 0.717) is 23.4 Å². The Balaban J connectivity index is 2.22. The van der Waals surface area contributed by atoms with Gasteiger partial charge in [0.25, 0.3) is 5.69 Å². The fraction of sp³-hybridized carbons (Fsp3) is 0.353. The number of nitro groups is 1. The minimum Gasteiger partial charge on any atom is -0.618 e. The van der Waals surface area contributed by atoms with Crippen LogP contribution in [0.3, 0.4) is 0 Å². The van der Waals surface area contributed by atoms with E-state index < -0.39 is 10.5 Å². The molecule has 3 rings (SSSR count). The van der Waals surface area contributed by atoms with E-state index in [9.17, 15) is 15.3 Å². The highest BCUT2D eigenvalue weighted by Crippen LogP contribution is 2.45. The third kappa shape index (κ3) is 2.72. The molecule has 6 nitrogen and oxygen atoms in total. The van der Waals surface area contributed by atoms with Crippen molar-refractivity contribution >= 4 is 5.69 Å². The fourth-order valence-corrected chi connectivity index (χ4v) is 3.23. The summed E-state index contributed by atoms with van der Waals surface area (Å²) in [5.41, 5.74) is 1.72. The highest BCUT2D eigenvalue weighted by Gasteiger charge is 2.39. The number of fused-ring (bicyclic) bond motifs is 1. The second-order valence-corrected chi connectivity index (χ2v) is 6.50. The number of nitro benzene ring substituents is 1. The van der Waals surface area contributed by atoms with E-state index in [1.165, 1.54) is 18.3 Å². The van der Waals surface area contributed by atoms with Crippen LogP contribution in [0.5, 0.6) is 5.75 Å². The van der Waals surface area contributed by atoms with E-state index >= 15 is 0 Å². The SMILES string of the molecule is Cc1ccc[n+]([O-])c1C1CC(C)(C)Oc2ccc([N+](=O)[O-])cc21. The second-order valence-electron chi connectivity index (χ2n) is 6.50. The standard InChI is InChI=1S/C17H18N2O4/c1-11-5-4-8-18(20)16(11)14-10-17(2,3)23-15-7-6-12(19(21)22)9-13(14)15/h4-9,14H,10H2,1-3H3. The predicted molar refractivity (Wildman–Crippen MR) is 84.4 cm³/mol. The maximum absolute atomic E-state index is 12.3. The van der Waals surface area contributed by atoms with Crippen molar-refractivity contribution in [1.29, 1.82) is 0 Å². The molecule has 2 aromatic rings. The number of hydrogen-bond acceptors (Lipinski definition) is 4. The summed E-state index contributed by atoms with van der Waals surface area (Å²) in [5, 5.41) is 23.4. The summed E-state index contributed by atoms with van der Waals surface area (Å²) >= 11 is 0. The summed E-state index contributed by atoms with van der Waals surface area (Å²) < 4.78 is 6.80. The molecule has 0 N–H and O–H groups in total. The van der Waals surface area contributed by atoms with Gasteiger partial charge in [0.05, 0.1) is 10.8 Å². The van der Waals surface area contributed by atoms with Gasteiger partial charge in [0.15, 0.2) is 6.20 Å². The first-order chi connectivity index (χ1) is 10.8. The summed E-state index contributed by atoms with van der Waals surface area (Å²) in [4.78, 5) is 10.7. The number of nitrogens with zero attached hydrogens (tertiary/aromatic N) is 2. The summed E-state index contributed by atoms with van der Waals surface area (Å²) in [7, 11) is 0. The lowest BCUT2D eigenvalue weighted by Gasteiger charge is -2.36. The molecule has 0 saturated heterocycles. The van der Waals surface area contributed by atoms with Crippen molar-refractivity contribution in [1.82, 2.24) is 0 Å². The minimum atomic E-state index is -0.455. The van der Waals surface area contributed by atoms with Crippen LogP contribution in [0.15, 0.2) is 36.5 Å². The molecule has 6 heteroatoms. The van der Waals surface area contributed by atoms with Crippen LogP contribution in [-0.4, -0.2) is 10.5 Å². The van der Waals surface area contributed by atoms with Crippen molar-refractivity contribution in [3.05, 3.63) is 68.7 Å². The van der Waals surface area contributed by atoms with Crippen LogP contribution >= 0.6 is 0 Å². The molecule has 23 heavy (non-hydrogen) atoms. The molecule has 1 aliphatic rings. The highest BCUT2D eigenvalue weighted by atomic mass is 16.6. The Bertz CT molecular complexity index is 766. The summed E-state index contributed by atoms with van der Waals surface area (Å²) in [6.45, 7) is 5.79. The molecule has 0 saturated carbocycles. The Morgan fingerprint density at radius 2 is 2.09 bits per heavy atom. The number of ether oxygens (including phenoxy) is 1. The van der Waals surface area contributed by atoms with Crippen molar-refractivity contribution in [2.45, 2.75) is 38.7 Å². The Morgan fingerprint density at radius 1 is 1.35 bits per heavy atom. The molecule has 0 radical (unpaired) electrons. The molecule has 1 atom stereocenters. The molecule has 1 aliphatic heterocycles. The van der Waals surface area contributed by atoms with E-state index in [1.807, 2.05) is 26.8 Å². The van der Waals surface area contributed by atoms with Gasteiger partial charge in [0, 0.05) is 35.7 Å². The van der Waals surface area contributed by atoms with Crippen LogP contribution in [0.25, 0.3) is 0 Å². The van der Waals surface area contributed by atoms with E-state index in [2.05, 4.69) is 0 Å². The molecule has 1 aromatic carbocycles. The van der Waals surface area contributed by atoms with Gasteiger partial charge in [-0.1, -0.05) is 0 Å². The highest BCUT2D eigenvalue weighted by molar-refractivity contribution is 5.50. The van der Waals surface area contributed by atoms with Gasteiger partial charge in [-0.3, -0.25) is 10.1 Å². The van der Waals surface area contributed by atoms with Crippen molar-refractivity contribution in [3.63, 3.8) is 0 Å². The molecule has 0 spiro atoms. The molecule has 2 heterocycles. The molecular formula is C17H18N2O4. The minimum absolute atomic E-state index is 0.00286. The molecule has 120 valence electrons. The van der Waals surface area contributed by atoms with E-state index in [0.717, 1.165) is 10.3 Å². The van der Waals surface area contributed by atoms with Crippen LogP contribution < -0.4 is 9.47 Å². The number of hydrogen-bond donors (Lipinski definition) is 0. The van der Waals surface area contributed by atoms with Gasteiger partial charge in [-0.15, -0.1) is 0 Å². The van der Waals surface area contributed by atoms with Crippen LogP contribution in [0.2, 0.25) is 0 Å². The first kappa shape index (κ1) is 15.3. The Labute approximate surface area is 134 Å². The second kappa shape index (κ2) is 5.22. The van der Waals surface area contributed by atoms with Gasteiger partial charge in [-0.25, -0.2) is 0 Å². The van der Waals surface area contributed by atoms with Crippen LogP contribution in [0.1, 0.15) is 43.0 Å². The molecule has 1 unspecified atom stereocenters. The van der Waals surface area contributed by atoms with Gasteiger partial charge in [0.1, 0.15) is 11.4 Å². The quantitative estimate of drug-likeness (QED) is 0.369. The van der Waals surface area contributed by atoms with Crippen LogP contribution in [0.4, 0.5) is 5.69 Å². The van der Waals surface area contributed by atoms with Gasteiger partial charge in [-0.05, 0) is 32.9 Å². The van der Waals surface area contributed by atoms with Crippen molar-refractivity contribution in [3.8, 4) is 5.75 Å². The van der Waals surface area contributed by atoms with Crippen LogP contribution in [-0.2, 0) is 0 Å². The van der Waals surface area contributed by atoms with Crippen molar-refractivity contribution in [2.24, 2.45) is 0 Å². The Kier molecular flexibility index (Phi) is 3.47. The monoisotopic (exact) mass is 314 g/mol. The summed E-state index contributed by atoms with van der Waals surface area (Å²) in [5.74, 6) is 0.354. The maximum atomic E-state index is 12.3. The van der Waals surface area contributed by atoms with Crippen molar-refractivity contribution in [2.75, 3.05) is 0 Å². The first-order valence-corrected chi connectivity index (χ1v) is 7.44. The van der Waals surface area contributed by atoms with Gasteiger partial charge in [0.2, 0.25) is 5.69 Å². The summed E-state index contributed by atoms with van der Waals surface area (Å²) in [6, 6.07) is 8.14. The smallest absolute Gasteiger partial charge is 0.269 e. The van der Waals surface area contributed by atoms with Gasteiger partial charge < -0.3 is 9.94 Å². The number of pyridine rings is 1. The van der Waals surface area contributed by atoms with E-state index in [4.69, 9.17) is 4.74 Å². The fourth-order valence-electron chi connectivity index (χ4n) is 3.23. The normalized spacial score (nSPS) is 18.8. The number of rotatable bonds is 2. The predicted octanol–water partition coefficient (Wildman–Crippen LogP) is 3.23. The lowest BCUT2D eigenvalue weighted by Crippen LogP contribution is -2.41. The number of aromatic nitrogens is 1. The zero-order valence-corrected chi connectivity index (χ0v) is 13.3. The van der Waals surface area contributed by atoms with E-state index in [-0.39, 0.29) is 11.6 Å². The molecule has 0 bridgehead atoms.